The molecule has 0 radical (unpaired) electrons. The van der Waals surface area contributed by atoms with Crippen LogP contribution in [0.25, 0.3) is 0 Å². The van der Waals surface area contributed by atoms with Crippen molar-refractivity contribution in [2.24, 2.45) is 5.10 Å². The molecule has 0 saturated heterocycles. The summed E-state index contributed by atoms with van der Waals surface area (Å²) < 4.78 is 16.5. The first-order valence-corrected chi connectivity index (χ1v) is 11.2. The first-order chi connectivity index (χ1) is 18.2. The zero-order chi connectivity index (χ0) is 27.4. The van der Waals surface area contributed by atoms with Gasteiger partial charge in [-0.05, 0) is 42.5 Å². The number of non-ortho nitro benzene ring substituents is 1. The van der Waals surface area contributed by atoms with Gasteiger partial charge in [0, 0.05) is 37.1 Å². The fourth-order valence-corrected chi connectivity index (χ4v) is 3.68. The van der Waals surface area contributed by atoms with Gasteiger partial charge >= 0.3 is 5.97 Å². The molecule has 38 heavy (non-hydrogen) atoms. The van der Waals surface area contributed by atoms with Crippen LogP contribution in [0.5, 0.6) is 11.5 Å². The summed E-state index contributed by atoms with van der Waals surface area (Å²) >= 11 is 0. The third-order valence-corrected chi connectivity index (χ3v) is 5.44. The van der Waals surface area contributed by atoms with Gasteiger partial charge in [0.05, 0.1) is 23.3 Å². The summed E-state index contributed by atoms with van der Waals surface area (Å²) in [4.78, 5) is 46.9. The van der Waals surface area contributed by atoms with E-state index in [-0.39, 0.29) is 28.6 Å². The Balaban J connectivity index is 1.61. The van der Waals surface area contributed by atoms with E-state index in [4.69, 9.17) is 14.2 Å². The van der Waals surface area contributed by atoms with Gasteiger partial charge in [0.1, 0.15) is 0 Å². The van der Waals surface area contributed by atoms with E-state index in [1.165, 1.54) is 51.3 Å². The summed E-state index contributed by atoms with van der Waals surface area (Å²) in [5, 5.41) is 19.1. The Kier molecular flexibility index (Phi) is 7.33. The lowest BCUT2D eigenvalue weighted by atomic mass is 10.1. The van der Waals surface area contributed by atoms with Crippen molar-refractivity contribution in [1.82, 2.24) is 5.01 Å². The summed E-state index contributed by atoms with van der Waals surface area (Å²) in [6, 6.07) is 16.6. The summed E-state index contributed by atoms with van der Waals surface area (Å²) in [6.07, 6.45) is -0.957. The van der Waals surface area contributed by atoms with Gasteiger partial charge in [0.2, 0.25) is 18.0 Å². The predicted molar refractivity (Wildman–Crippen MR) is 135 cm³/mol. The zero-order valence-electron chi connectivity index (χ0n) is 20.5. The minimum atomic E-state index is -0.957. The number of benzene rings is 3. The van der Waals surface area contributed by atoms with Gasteiger partial charge < -0.3 is 19.5 Å². The van der Waals surface area contributed by atoms with E-state index in [2.05, 4.69) is 10.4 Å². The maximum atomic E-state index is 12.8. The molecule has 3 aromatic carbocycles. The van der Waals surface area contributed by atoms with Crippen molar-refractivity contribution < 1.29 is 33.5 Å². The van der Waals surface area contributed by atoms with Crippen LogP contribution in [0.3, 0.4) is 0 Å². The first kappa shape index (κ1) is 25.8. The van der Waals surface area contributed by atoms with Gasteiger partial charge in [-0.3, -0.25) is 24.5 Å². The Morgan fingerprint density at radius 1 is 1.03 bits per heavy atom. The van der Waals surface area contributed by atoms with Crippen LogP contribution < -0.4 is 14.8 Å². The van der Waals surface area contributed by atoms with Crippen molar-refractivity contribution in [1.29, 1.82) is 0 Å². The molecule has 1 aliphatic heterocycles. The molecule has 1 atom stereocenters. The van der Waals surface area contributed by atoms with E-state index in [9.17, 15) is 24.5 Å². The molecule has 0 spiro atoms. The van der Waals surface area contributed by atoms with Crippen molar-refractivity contribution in [2.75, 3.05) is 12.4 Å². The number of hydrogen-bond acceptors (Lipinski definition) is 9. The highest BCUT2D eigenvalue weighted by Gasteiger charge is 2.34. The molecule has 1 heterocycles. The number of methoxy groups -OCH3 is 1. The second-order valence-electron chi connectivity index (χ2n) is 8.05. The molecule has 0 bridgehead atoms. The molecule has 0 saturated carbocycles. The number of nitrogens with zero attached hydrogens (tertiary/aromatic N) is 3. The highest BCUT2D eigenvalue weighted by atomic mass is 16.6. The first-order valence-electron chi connectivity index (χ1n) is 11.2. The molecule has 12 nitrogen and oxygen atoms in total. The molecule has 1 aliphatic rings. The normalized spacial score (nSPS) is 14.2. The number of nitro groups is 1. The molecular formula is C26H22N4O8. The van der Waals surface area contributed by atoms with Gasteiger partial charge in [0.25, 0.3) is 11.6 Å². The van der Waals surface area contributed by atoms with Crippen molar-refractivity contribution in [3.05, 3.63) is 93.5 Å². The molecule has 0 fully saturated rings. The maximum absolute atomic E-state index is 12.8. The average molecular weight is 518 g/mol. The van der Waals surface area contributed by atoms with E-state index in [1.54, 1.807) is 36.4 Å². The van der Waals surface area contributed by atoms with Crippen LogP contribution in [0.1, 0.15) is 41.6 Å². The molecule has 0 unspecified atom stereocenters. The highest BCUT2D eigenvalue weighted by molar-refractivity contribution is 6.09. The third-order valence-electron chi connectivity index (χ3n) is 5.44. The maximum Gasteiger partial charge on any atom is 0.308 e. The number of amides is 2. The van der Waals surface area contributed by atoms with Crippen LogP contribution >= 0.6 is 0 Å². The fraction of sp³-hybridized carbons (Fsp3) is 0.154. The summed E-state index contributed by atoms with van der Waals surface area (Å²) in [6.45, 7) is 2.60. The molecular weight excluding hydrogens is 496 g/mol. The lowest BCUT2D eigenvalue weighted by Crippen LogP contribution is -2.25. The lowest BCUT2D eigenvalue weighted by molar-refractivity contribution is -0.384. The Labute approximate surface area is 216 Å². The number of nitro benzene ring substituents is 1. The summed E-state index contributed by atoms with van der Waals surface area (Å²) in [5.74, 6) is -0.882. The largest absolute Gasteiger partial charge is 0.493 e. The number of anilines is 1. The monoisotopic (exact) mass is 518 g/mol. The number of carbonyl (C=O) groups excluding carboxylic acids is 3. The zero-order valence-corrected chi connectivity index (χ0v) is 20.5. The number of carbonyl (C=O) groups is 3. The molecule has 2 amide bonds. The smallest absolute Gasteiger partial charge is 0.308 e. The Morgan fingerprint density at radius 3 is 2.37 bits per heavy atom. The fourth-order valence-electron chi connectivity index (χ4n) is 3.68. The average Bonchev–Trinajstić information content (AvgIpc) is 3.35. The van der Waals surface area contributed by atoms with E-state index in [0.29, 0.717) is 16.8 Å². The molecule has 4 rings (SSSR count). The van der Waals surface area contributed by atoms with E-state index in [0.717, 1.165) is 5.01 Å². The number of rotatable bonds is 7. The van der Waals surface area contributed by atoms with Crippen LogP contribution in [0, 0.1) is 10.1 Å². The van der Waals surface area contributed by atoms with Gasteiger partial charge in [-0.15, -0.1) is 5.10 Å². The van der Waals surface area contributed by atoms with E-state index >= 15 is 0 Å². The third kappa shape index (κ3) is 5.43. The van der Waals surface area contributed by atoms with E-state index in [1.807, 2.05) is 0 Å². The second-order valence-corrected chi connectivity index (χ2v) is 8.05. The molecule has 0 aromatic heterocycles. The highest BCUT2D eigenvalue weighted by Crippen LogP contribution is 2.37. The summed E-state index contributed by atoms with van der Waals surface area (Å²) in [5.41, 5.74) is 1.33. The lowest BCUT2D eigenvalue weighted by Gasteiger charge is -2.20. The minimum Gasteiger partial charge on any atom is -0.493 e. The number of nitrogens with one attached hydrogen (secondary N) is 1. The quantitative estimate of drug-likeness (QED) is 0.213. The second kappa shape index (κ2) is 10.8. The number of hydrogen-bond donors (Lipinski definition) is 1. The van der Waals surface area contributed by atoms with Crippen molar-refractivity contribution >= 4 is 35.1 Å². The molecule has 1 N–H and O–H groups in total. The van der Waals surface area contributed by atoms with Crippen LogP contribution in [-0.4, -0.2) is 40.7 Å². The van der Waals surface area contributed by atoms with Gasteiger partial charge in [-0.25, -0.2) is 0 Å². The van der Waals surface area contributed by atoms with Crippen molar-refractivity contribution in [3.63, 3.8) is 0 Å². The molecule has 0 aliphatic carbocycles. The Morgan fingerprint density at radius 2 is 1.74 bits per heavy atom. The van der Waals surface area contributed by atoms with Gasteiger partial charge in [-0.1, -0.05) is 12.1 Å². The standard InChI is InChI=1S/C26H22N4O8/c1-15(31)29-26(18-10-13-22(37-16(2)32)23(14-18)36-3)38-25(28-29)20-6-4-5-7-21(20)27-24(33)17-8-11-19(12-9-17)30(34)35/h4-14,26H,1-3H3,(H,27,33)/t26-/m1/s1. The number of esters is 1. The molecule has 194 valence electrons. The molecule has 12 heteroatoms. The topological polar surface area (TPSA) is 150 Å². The SMILES string of the molecule is COc1cc([C@H]2OC(c3ccccc3NC(=O)c3ccc([N+](=O)[O-])cc3)=NN2C(C)=O)ccc1OC(C)=O. The number of para-hydroxylation sites is 1. The Hall–Kier alpha value is -5.26. The molecule has 3 aromatic rings. The summed E-state index contributed by atoms with van der Waals surface area (Å²) in [7, 11) is 1.41. The Bertz CT molecular complexity index is 1450. The number of ether oxygens (including phenoxy) is 3. The van der Waals surface area contributed by atoms with Crippen LogP contribution in [0.15, 0.2) is 71.8 Å². The number of hydrazone groups is 1. The van der Waals surface area contributed by atoms with Crippen LogP contribution in [0.2, 0.25) is 0 Å². The minimum absolute atomic E-state index is 0.0767. The van der Waals surface area contributed by atoms with Crippen molar-refractivity contribution in [2.45, 2.75) is 20.1 Å². The van der Waals surface area contributed by atoms with Gasteiger partial charge in [-0.2, -0.15) is 5.01 Å². The van der Waals surface area contributed by atoms with Crippen molar-refractivity contribution in [3.8, 4) is 11.5 Å². The van der Waals surface area contributed by atoms with E-state index < -0.39 is 28.9 Å². The van der Waals surface area contributed by atoms with Crippen LogP contribution in [0.4, 0.5) is 11.4 Å². The van der Waals surface area contributed by atoms with Gasteiger partial charge in [0.15, 0.2) is 11.5 Å². The predicted octanol–water partition coefficient (Wildman–Crippen LogP) is 4.02. The van der Waals surface area contributed by atoms with Crippen LogP contribution in [-0.2, 0) is 14.3 Å².